The predicted molar refractivity (Wildman–Crippen MR) is 57.1 cm³/mol. The molecular formula is C11H12F3NO3. The van der Waals surface area contributed by atoms with Crippen molar-refractivity contribution in [3.05, 3.63) is 29.6 Å². The third-order valence-corrected chi connectivity index (χ3v) is 2.17. The second kappa shape index (κ2) is 6.25. The molecule has 1 N–H and O–H groups in total. The molecule has 4 nitrogen and oxygen atoms in total. The summed E-state index contributed by atoms with van der Waals surface area (Å²) in [5.41, 5.74) is -0.187. The van der Waals surface area contributed by atoms with E-state index >= 15 is 0 Å². The Bertz CT molecular complexity index is 426. The van der Waals surface area contributed by atoms with Gasteiger partial charge in [0.2, 0.25) is 0 Å². The zero-order valence-electron chi connectivity index (χ0n) is 9.57. The number of ether oxygens (including phenoxy) is 1. The summed E-state index contributed by atoms with van der Waals surface area (Å²) in [6, 6.07) is 2.74. The molecule has 1 aromatic carbocycles. The van der Waals surface area contributed by atoms with E-state index in [-0.39, 0.29) is 18.7 Å². The number of nitrogens with zero attached hydrogens (tertiary/aromatic N) is 1. The lowest BCUT2D eigenvalue weighted by atomic mass is 10.1. The Labute approximate surface area is 102 Å². The lowest BCUT2D eigenvalue weighted by molar-refractivity contribution is -0.0504. The van der Waals surface area contributed by atoms with Crippen molar-refractivity contribution in [2.45, 2.75) is 6.61 Å². The van der Waals surface area contributed by atoms with Crippen molar-refractivity contribution in [3.8, 4) is 5.75 Å². The van der Waals surface area contributed by atoms with Gasteiger partial charge in [-0.15, -0.1) is 0 Å². The van der Waals surface area contributed by atoms with Gasteiger partial charge in [0.15, 0.2) is 0 Å². The number of alkyl halides is 2. The van der Waals surface area contributed by atoms with E-state index in [1.54, 1.807) is 0 Å². The summed E-state index contributed by atoms with van der Waals surface area (Å²) in [5, 5.41) is 8.69. The highest BCUT2D eigenvalue weighted by Gasteiger charge is 2.19. The van der Waals surface area contributed by atoms with Crippen LogP contribution >= 0.6 is 0 Å². The highest BCUT2D eigenvalue weighted by atomic mass is 19.3. The average molecular weight is 263 g/mol. The molecule has 0 atom stereocenters. The number of hydrogen-bond donors (Lipinski definition) is 1. The molecule has 0 fully saturated rings. The molecule has 100 valence electrons. The first-order chi connectivity index (χ1) is 8.45. The number of aliphatic hydroxyl groups excluding tert-OH is 1. The van der Waals surface area contributed by atoms with Crippen LogP contribution in [0, 0.1) is 5.82 Å². The lowest BCUT2D eigenvalue weighted by Crippen LogP contribution is -2.30. The standard InChI is InChI=1S/C11H12F3NO3/c1-15(4-5-16)10(17)8-3-2-7(12)6-9(8)18-11(13)14/h2-3,6,11,16H,4-5H2,1H3. The van der Waals surface area contributed by atoms with Crippen molar-refractivity contribution >= 4 is 5.91 Å². The molecule has 0 aliphatic heterocycles. The number of likely N-dealkylation sites (N-methyl/N-ethyl adjacent to an activating group) is 1. The van der Waals surface area contributed by atoms with Crippen LogP contribution in [0.2, 0.25) is 0 Å². The van der Waals surface area contributed by atoms with Crippen LogP contribution in [-0.4, -0.2) is 42.7 Å². The van der Waals surface area contributed by atoms with E-state index in [1.165, 1.54) is 7.05 Å². The molecule has 18 heavy (non-hydrogen) atoms. The lowest BCUT2D eigenvalue weighted by Gasteiger charge is -2.17. The molecule has 0 aromatic heterocycles. The van der Waals surface area contributed by atoms with Crippen molar-refractivity contribution in [1.29, 1.82) is 0 Å². The summed E-state index contributed by atoms with van der Waals surface area (Å²) in [6.45, 7) is -3.39. The molecule has 1 rings (SSSR count). The fourth-order valence-corrected chi connectivity index (χ4v) is 1.32. The highest BCUT2D eigenvalue weighted by Crippen LogP contribution is 2.23. The summed E-state index contributed by atoms with van der Waals surface area (Å²) in [6.07, 6.45) is 0. The molecule has 0 bridgehead atoms. The second-order valence-electron chi connectivity index (χ2n) is 3.47. The Morgan fingerprint density at radius 3 is 2.72 bits per heavy atom. The van der Waals surface area contributed by atoms with Crippen molar-refractivity contribution < 1.29 is 27.8 Å². The van der Waals surface area contributed by atoms with E-state index in [2.05, 4.69) is 4.74 Å². The van der Waals surface area contributed by atoms with Crippen LogP contribution in [0.25, 0.3) is 0 Å². The summed E-state index contributed by atoms with van der Waals surface area (Å²) in [7, 11) is 1.38. The van der Waals surface area contributed by atoms with Crippen LogP contribution in [0.1, 0.15) is 10.4 Å². The number of carbonyl (C=O) groups excluding carboxylic acids is 1. The summed E-state index contributed by atoms with van der Waals surface area (Å²) in [4.78, 5) is 12.9. The maximum Gasteiger partial charge on any atom is 0.387 e. The third kappa shape index (κ3) is 3.63. The number of rotatable bonds is 5. The minimum atomic E-state index is -3.15. The van der Waals surface area contributed by atoms with Gasteiger partial charge in [0.05, 0.1) is 12.2 Å². The van der Waals surface area contributed by atoms with E-state index in [4.69, 9.17) is 5.11 Å². The van der Waals surface area contributed by atoms with Crippen LogP contribution in [0.5, 0.6) is 5.75 Å². The Morgan fingerprint density at radius 1 is 1.50 bits per heavy atom. The monoisotopic (exact) mass is 263 g/mol. The summed E-state index contributed by atoms with van der Waals surface area (Å²) in [5.74, 6) is -1.95. The first kappa shape index (κ1) is 14.3. The molecule has 0 saturated carbocycles. The average Bonchev–Trinajstić information content (AvgIpc) is 2.28. The predicted octanol–water partition coefficient (Wildman–Crippen LogP) is 1.49. The van der Waals surface area contributed by atoms with Crippen molar-refractivity contribution in [1.82, 2.24) is 4.90 Å². The van der Waals surface area contributed by atoms with Crippen LogP contribution in [0.15, 0.2) is 18.2 Å². The largest absolute Gasteiger partial charge is 0.434 e. The number of benzene rings is 1. The van der Waals surface area contributed by atoms with E-state index in [9.17, 15) is 18.0 Å². The maximum absolute atomic E-state index is 12.9. The van der Waals surface area contributed by atoms with Crippen LogP contribution in [0.4, 0.5) is 13.2 Å². The smallest absolute Gasteiger partial charge is 0.387 e. The number of hydrogen-bond acceptors (Lipinski definition) is 3. The van der Waals surface area contributed by atoms with Gasteiger partial charge in [-0.05, 0) is 12.1 Å². The second-order valence-corrected chi connectivity index (χ2v) is 3.47. The Kier molecular flexibility index (Phi) is 4.96. The number of carbonyl (C=O) groups is 1. The number of amides is 1. The molecule has 1 aromatic rings. The fraction of sp³-hybridized carbons (Fsp3) is 0.364. The molecule has 1 amide bonds. The van der Waals surface area contributed by atoms with Gasteiger partial charge in [-0.2, -0.15) is 8.78 Å². The molecule has 0 aliphatic rings. The van der Waals surface area contributed by atoms with Crippen LogP contribution < -0.4 is 4.74 Å². The van der Waals surface area contributed by atoms with Gasteiger partial charge in [-0.1, -0.05) is 0 Å². The number of halogens is 3. The molecular weight excluding hydrogens is 251 g/mol. The van der Waals surface area contributed by atoms with Gasteiger partial charge in [0.25, 0.3) is 5.91 Å². The van der Waals surface area contributed by atoms with E-state index in [0.717, 1.165) is 17.0 Å². The van der Waals surface area contributed by atoms with Gasteiger partial charge in [0, 0.05) is 19.7 Å². The normalized spacial score (nSPS) is 10.6. The minimum absolute atomic E-state index is 0.0321. The molecule has 0 radical (unpaired) electrons. The Balaban J connectivity index is 3.03. The summed E-state index contributed by atoms with van der Waals surface area (Å²) < 4.78 is 41.3. The first-order valence-electron chi connectivity index (χ1n) is 5.06. The van der Waals surface area contributed by atoms with Gasteiger partial charge in [-0.3, -0.25) is 4.79 Å². The van der Waals surface area contributed by atoms with E-state index < -0.39 is 24.1 Å². The molecule has 0 aliphatic carbocycles. The van der Waals surface area contributed by atoms with Crippen molar-refractivity contribution in [2.24, 2.45) is 0 Å². The maximum atomic E-state index is 12.9. The van der Waals surface area contributed by atoms with Crippen molar-refractivity contribution in [2.75, 3.05) is 20.2 Å². The summed E-state index contributed by atoms with van der Waals surface area (Å²) >= 11 is 0. The van der Waals surface area contributed by atoms with Gasteiger partial charge >= 0.3 is 6.61 Å². The molecule has 0 heterocycles. The van der Waals surface area contributed by atoms with Gasteiger partial charge in [0.1, 0.15) is 11.6 Å². The number of aliphatic hydroxyl groups is 1. The molecule has 0 spiro atoms. The third-order valence-electron chi connectivity index (χ3n) is 2.17. The van der Waals surface area contributed by atoms with Gasteiger partial charge < -0.3 is 14.7 Å². The van der Waals surface area contributed by atoms with Crippen LogP contribution in [-0.2, 0) is 0 Å². The van der Waals surface area contributed by atoms with E-state index in [1.807, 2.05) is 0 Å². The highest BCUT2D eigenvalue weighted by molar-refractivity contribution is 5.96. The zero-order chi connectivity index (χ0) is 13.7. The SMILES string of the molecule is CN(CCO)C(=O)c1ccc(F)cc1OC(F)F. The molecule has 0 unspecified atom stereocenters. The quantitative estimate of drug-likeness (QED) is 0.875. The van der Waals surface area contributed by atoms with E-state index in [0.29, 0.717) is 6.07 Å². The van der Waals surface area contributed by atoms with Crippen molar-refractivity contribution in [3.63, 3.8) is 0 Å². The van der Waals surface area contributed by atoms with Crippen LogP contribution in [0.3, 0.4) is 0 Å². The Hall–Kier alpha value is -1.76. The fourth-order valence-electron chi connectivity index (χ4n) is 1.32. The zero-order valence-corrected chi connectivity index (χ0v) is 9.57. The molecule has 0 saturated heterocycles. The molecule has 7 heteroatoms. The topological polar surface area (TPSA) is 49.8 Å². The first-order valence-corrected chi connectivity index (χ1v) is 5.06. The Morgan fingerprint density at radius 2 is 2.17 bits per heavy atom. The minimum Gasteiger partial charge on any atom is -0.434 e. The van der Waals surface area contributed by atoms with Gasteiger partial charge in [-0.25, -0.2) is 4.39 Å².